The number of carbonyl (C=O) groups excluding carboxylic acids is 1. The highest BCUT2D eigenvalue weighted by atomic mass is 35.5. The molecule has 3 rings (SSSR count). The quantitative estimate of drug-likeness (QED) is 0.864. The van der Waals surface area contributed by atoms with Crippen molar-refractivity contribution in [1.82, 2.24) is 15.1 Å². The summed E-state index contributed by atoms with van der Waals surface area (Å²) in [6.45, 7) is 7.40. The number of benzene rings is 1. The number of fused-ring (bicyclic) bond motifs is 1. The third-order valence-electron chi connectivity index (χ3n) is 4.36. The van der Waals surface area contributed by atoms with Crippen LogP contribution in [0.25, 0.3) is 0 Å². The van der Waals surface area contributed by atoms with Crippen LogP contribution in [0.3, 0.4) is 0 Å². The van der Waals surface area contributed by atoms with Gasteiger partial charge in [-0.05, 0) is 44.0 Å². The lowest BCUT2D eigenvalue weighted by Crippen LogP contribution is -2.33. The van der Waals surface area contributed by atoms with Crippen molar-refractivity contribution >= 4 is 17.5 Å². The van der Waals surface area contributed by atoms with Gasteiger partial charge in [-0.2, -0.15) is 5.10 Å². The number of amides is 1. The van der Waals surface area contributed by atoms with E-state index in [2.05, 4.69) is 10.4 Å². The second-order valence-corrected chi connectivity index (χ2v) is 6.88. The first-order chi connectivity index (χ1) is 12.5. The maximum absolute atomic E-state index is 12.7. The standard InChI is InChI=1S/C19H24ClN3O3/c1-4-16(23-13(3)8-12(2)22-23)19(24)21-11-14-9-15(20)18-17(10-14)25-6-5-7-26-18/h8-10,16H,4-7,11H2,1-3H3,(H,21,24). The Morgan fingerprint density at radius 2 is 2.08 bits per heavy atom. The summed E-state index contributed by atoms with van der Waals surface area (Å²) in [7, 11) is 0. The Kier molecular flexibility index (Phi) is 5.71. The SMILES string of the molecule is CCC(C(=O)NCc1cc(Cl)c2c(c1)OCCCO2)n1nc(C)cc1C. The topological polar surface area (TPSA) is 65.4 Å². The normalized spacial score (nSPS) is 14.6. The van der Waals surface area contributed by atoms with Crippen LogP contribution in [0.4, 0.5) is 0 Å². The van der Waals surface area contributed by atoms with Crippen LogP contribution in [-0.2, 0) is 11.3 Å². The maximum atomic E-state index is 12.7. The molecule has 1 atom stereocenters. The molecule has 0 fully saturated rings. The predicted octanol–water partition coefficient (Wildman–Crippen LogP) is 3.58. The molecule has 1 aliphatic heterocycles. The first kappa shape index (κ1) is 18.6. The first-order valence-electron chi connectivity index (χ1n) is 8.88. The summed E-state index contributed by atoms with van der Waals surface area (Å²) in [6.07, 6.45) is 1.48. The van der Waals surface area contributed by atoms with Crippen LogP contribution in [0.2, 0.25) is 5.02 Å². The minimum atomic E-state index is -0.334. The molecule has 140 valence electrons. The number of aromatic nitrogens is 2. The number of rotatable bonds is 5. The van der Waals surface area contributed by atoms with Gasteiger partial charge in [0.25, 0.3) is 0 Å². The van der Waals surface area contributed by atoms with Crippen LogP contribution in [0.5, 0.6) is 11.5 Å². The van der Waals surface area contributed by atoms with Gasteiger partial charge in [0.2, 0.25) is 5.91 Å². The van der Waals surface area contributed by atoms with E-state index in [1.165, 1.54) is 0 Å². The Labute approximate surface area is 158 Å². The van der Waals surface area contributed by atoms with E-state index in [9.17, 15) is 4.79 Å². The monoisotopic (exact) mass is 377 g/mol. The molecule has 1 amide bonds. The van der Waals surface area contributed by atoms with Gasteiger partial charge in [0.05, 0.1) is 23.9 Å². The smallest absolute Gasteiger partial charge is 0.245 e. The van der Waals surface area contributed by atoms with Gasteiger partial charge in [0.1, 0.15) is 6.04 Å². The molecule has 26 heavy (non-hydrogen) atoms. The fraction of sp³-hybridized carbons (Fsp3) is 0.474. The van der Waals surface area contributed by atoms with Crippen LogP contribution in [0, 0.1) is 13.8 Å². The molecule has 1 aromatic carbocycles. The molecule has 6 nitrogen and oxygen atoms in total. The van der Waals surface area contributed by atoms with Gasteiger partial charge in [-0.1, -0.05) is 18.5 Å². The van der Waals surface area contributed by atoms with Crippen molar-refractivity contribution in [3.8, 4) is 11.5 Å². The molecule has 1 aromatic heterocycles. The Morgan fingerprint density at radius 1 is 1.31 bits per heavy atom. The molecule has 0 aliphatic carbocycles. The van der Waals surface area contributed by atoms with Crippen LogP contribution >= 0.6 is 11.6 Å². The zero-order valence-electron chi connectivity index (χ0n) is 15.3. The summed E-state index contributed by atoms with van der Waals surface area (Å²) in [5, 5.41) is 7.92. The summed E-state index contributed by atoms with van der Waals surface area (Å²) in [5.41, 5.74) is 2.75. The zero-order chi connectivity index (χ0) is 18.7. The molecule has 7 heteroatoms. The lowest BCUT2D eigenvalue weighted by molar-refractivity contribution is -0.124. The van der Waals surface area contributed by atoms with Gasteiger partial charge >= 0.3 is 0 Å². The van der Waals surface area contributed by atoms with Crippen LogP contribution in [0.1, 0.15) is 42.8 Å². The van der Waals surface area contributed by atoms with E-state index >= 15 is 0 Å². The summed E-state index contributed by atoms with van der Waals surface area (Å²) in [6, 6.07) is 5.32. The number of nitrogens with zero attached hydrogens (tertiary/aromatic N) is 2. The molecule has 0 saturated carbocycles. The molecule has 2 aromatic rings. The number of ether oxygens (including phenoxy) is 2. The maximum Gasteiger partial charge on any atom is 0.245 e. The number of hydrogen-bond acceptors (Lipinski definition) is 4. The summed E-state index contributed by atoms with van der Waals surface area (Å²) >= 11 is 6.31. The van der Waals surface area contributed by atoms with Gasteiger partial charge in [-0.3, -0.25) is 9.48 Å². The van der Waals surface area contributed by atoms with E-state index in [0.717, 1.165) is 23.4 Å². The third-order valence-corrected chi connectivity index (χ3v) is 4.64. The van der Waals surface area contributed by atoms with Gasteiger partial charge in [-0.25, -0.2) is 0 Å². The van der Waals surface area contributed by atoms with Crippen LogP contribution in [0.15, 0.2) is 18.2 Å². The second kappa shape index (κ2) is 7.99. The minimum Gasteiger partial charge on any atom is -0.489 e. The molecular weight excluding hydrogens is 354 g/mol. The van der Waals surface area contributed by atoms with Crippen molar-refractivity contribution in [2.24, 2.45) is 0 Å². The van der Waals surface area contributed by atoms with Gasteiger partial charge in [0.15, 0.2) is 11.5 Å². The van der Waals surface area contributed by atoms with E-state index in [0.29, 0.717) is 42.7 Å². The molecule has 1 unspecified atom stereocenters. The summed E-state index contributed by atoms with van der Waals surface area (Å²) in [4.78, 5) is 12.7. The van der Waals surface area contributed by atoms with Gasteiger partial charge in [-0.15, -0.1) is 0 Å². The first-order valence-corrected chi connectivity index (χ1v) is 9.26. The van der Waals surface area contributed by atoms with Crippen molar-refractivity contribution in [1.29, 1.82) is 0 Å². The van der Waals surface area contributed by atoms with E-state index in [1.54, 1.807) is 10.7 Å². The highest BCUT2D eigenvalue weighted by molar-refractivity contribution is 6.32. The molecule has 0 spiro atoms. The number of hydrogen-bond donors (Lipinski definition) is 1. The Bertz CT molecular complexity index is 804. The molecule has 1 aliphatic rings. The Hall–Kier alpha value is -2.21. The fourth-order valence-electron chi connectivity index (χ4n) is 3.12. The van der Waals surface area contributed by atoms with Crippen LogP contribution in [-0.4, -0.2) is 28.9 Å². The van der Waals surface area contributed by atoms with E-state index < -0.39 is 0 Å². The highest BCUT2D eigenvalue weighted by Gasteiger charge is 2.21. The Morgan fingerprint density at radius 3 is 2.77 bits per heavy atom. The predicted molar refractivity (Wildman–Crippen MR) is 99.9 cm³/mol. The number of aryl methyl sites for hydroxylation is 2. The van der Waals surface area contributed by atoms with E-state index in [1.807, 2.05) is 32.9 Å². The lowest BCUT2D eigenvalue weighted by atomic mass is 10.1. The van der Waals surface area contributed by atoms with Crippen molar-refractivity contribution in [2.75, 3.05) is 13.2 Å². The lowest BCUT2D eigenvalue weighted by Gasteiger charge is -2.18. The number of carbonyl (C=O) groups is 1. The largest absolute Gasteiger partial charge is 0.489 e. The van der Waals surface area contributed by atoms with Gasteiger partial charge < -0.3 is 14.8 Å². The molecule has 0 bridgehead atoms. The van der Waals surface area contributed by atoms with Crippen molar-refractivity contribution in [2.45, 2.75) is 46.2 Å². The van der Waals surface area contributed by atoms with Crippen molar-refractivity contribution in [3.63, 3.8) is 0 Å². The highest BCUT2D eigenvalue weighted by Crippen LogP contribution is 2.38. The van der Waals surface area contributed by atoms with Gasteiger partial charge in [0, 0.05) is 18.7 Å². The molecule has 0 radical (unpaired) electrons. The van der Waals surface area contributed by atoms with E-state index in [4.69, 9.17) is 21.1 Å². The zero-order valence-corrected chi connectivity index (χ0v) is 16.1. The molecule has 1 N–H and O–H groups in total. The fourth-order valence-corrected chi connectivity index (χ4v) is 3.41. The third kappa shape index (κ3) is 3.96. The number of nitrogens with one attached hydrogen (secondary N) is 1. The second-order valence-electron chi connectivity index (χ2n) is 6.47. The number of halogens is 1. The Balaban J connectivity index is 1.72. The van der Waals surface area contributed by atoms with Crippen molar-refractivity contribution in [3.05, 3.63) is 40.2 Å². The van der Waals surface area contributed by atoms with Crippen molar-refractivity contribution < 1.29 is 14.3 Å². The van der Waals surface area contributed by atoms with Crippen LogP contribution < -0.4 is 14.8 Å². The average Bonchev–Trinajstić information content (AvgIpc) is 2.80. The minimum absolute atomic E-state index is 0.0677. The van der Waals surface area contributed by atoms with E-state index in [-0.39, 0.29) is 11.9 Å². The molecule has 0 saturated heterocycles. The summed E-state index contributed by atoms with van der Waals surface area (Å²) in [5.74, 6) is 1.14. The molecular formula is C19H24ClN3O3. The average molecular weight is 378 g/mol. The molecule has 2 heterocycles. The summed E-state index contributed by atoms with van der Waals surface area (Å²) < 4.78 is 13.1.